The van der Waals surface area contributed by atoms with Gasteiger partial charge in [0.05, 0.1) is 12.9 Å². The molecule has 28 heavy (non-hydrogen) atoms. The van der Waals surface area contributed by atoms with Crippen LogP contribution in [0, 0.1) is 0 Å². The molecule has 0 fully saturated rings. The molecule has 1 aromatic rings. The van der Waals surface area contributed by atoms with Crippen LogP contribution in [0.25, 0.3) is 0 Å². The highest BCUT2D eigenvalue weighted by molar-refractivity contribution is 7.88. The zero-order valence-corrected chi connectivity index (χ0v) is 17.3. The van der Waals surface area contributed by atoms with Crippen LogP contribution in [0.4, 0.5) is 5.69 Å². The molecule has 2 rings (SSSR count). The van der Waals surface area contributed by atoms with E-state index in [0.29, 0.717) is 58.3 Å². The summed E-state index contributed by atoms with van der Waals surface area (Å²) in [4.78, 5) is 23.2. The Kier molecular flexibility index (Phi) is 8.25. The Morgan fingerprint density at radius 2 is 2.07 bits per heavy atom. The van der Waals surface area contributed by atoms with Gasteiger partial charge in [-0.1, -0.05) is 6.92 Å². The second-order valence-corrected chi connectivity index (χ2v) is 8.76. The summed E-state index contributed by atoms with van der Waals surface area (Å²) in [5.74, 6) is 0.695. The second kappa shape index (κ2) is 10.4. The van der Waals surface area contributed by atoms with E-state index in [9.17, 15) is 18.0 Å². The summed E-state index contributed by atoms with van der Waals surface area (Å²) in [6, 6.07) is 5.58. The van der Waals surface area contributed by atoms with Gasteiger partial charge in [-0.25, -0.2) is 12.7 Å². The molecule has 1 heterocycles. The highest BCUT2D eigenvalue weighted by Gasteiger charge is 2.15. The van der Waals surface area contributed by atoms with Crippen molar-refractivity contribution in [3.63, 3.8) is 0 Å². The van der Waals surface area contributed by atoms with Crippen LogP contribution in [0.3, 0.4) is 0 Å². The topological polar surface area (TPSA) is 105 Å². The SMILES string of the molecule is CCN(CCCNC(=O)CCCOc1ccc2c(c1)CCC(=O)N2)S(C)(=O)=O. The molecule has 0 bridgehead atoms. The number of nitrogens with one attached hydrogen (secondary N) is 2. The van der Waals surface area contributed by atoms with Gasteiger partial charge in [-0.15, -0.1) is 0 Å². The van der Waals surface area contributed by atoms with Gasteiger partial charge in [-0.2, -0.15) is 0 Å². The molecule has 0 atom stereocenters. The Morgan fingerprint density at radius 3 is 2.79 bits per heavy atom. The lowest BCUT2D eigenvalue weighted by Crippen LogP contribution is -2.33. The molecule has 2 N–H and O–H groups in total. The zero-order valence-electron chi connectivity index (χ0n) is 16.5. The molecule has 0 saturated carbocycles. The summed E-state index contributed by atoms with van der Waals surface area (Å²) in [5, 5.41) is 5.63. The Bertz CT molecular complexity index is 795. The number of ether oxygens (including phenoxy) is 1. The second-order valence-electron chi connectivity index (χ2n) is 6.78. The van der Waals surface area contributed by atoms with Crippen molar-refractivity contribution < 1.29 is 22.7 Å². The van der Waals surface area contributed by atoms with Crippen LogP contribution in [-0.2, 0) is 26.0 Å². The lowest BCUT2D eigenvalue weighted by molar-refractivity contribution is -0.121. The van der Waals surface area contributed by atoms with Gasteiger partial charge >= 0.3 is 0 Å². The average molecular weight is 412 g/mol. The maximum Gasteiger partial charge on any atom is 0.224 e. The van der Waals surface area contributed by atoms with E-state index in [-0.39, 0.29) is 11.8 Å². The molecule has 0 radical (unpaired) electrons. The molecule has 1 aliphatic heterocycles. The number of carbonyl (C=O) groups excluding carboxylic acids is 2. The van der Waals surface area contributed by atoms with Crippen molar-refractivity contribution in [2.75, 3.05) is 37.8 Å². The van der Waals surface area contributed by atoms with Crippen molar-refractivity contribution in [1.82, 2.24) is 9.62 Å². The van der Waals surface area contributed by atoms with Crippen molar-refractivity contribution in [3.05, 3.63) is 23.8 Å². The summed E-state index contributed by atoms with van der Waals surface area (Å²) >= 11 is 0. The summed E-state index contributed by atoms with van der Waals surface area (Å²) in [7, 11) is -3.18. The minimum atomic E-state index is -3.18. The Morgan fingerprint density at radius 1 is 1.29 bits per heavy atom. The van der Waals surface area contributed by atoms with Gasteiger partial charge in [0.2, 0.25) is 21.8 Å². The zero-order chi connectivity index (χ0) is 20.6. The van der Waals surface area contributed by atoms with Gasteiger partial charge in [0.15, 0.2) is 0 Å². The third kappa shape index (κ3) is 7.12. The third-order valence-electron chi connectivity index (χ3n) is 4.52. The Labute approximate surface area is 166 Å². The van der Waals surface area contributed by atoms with Crippen molar-refractivity contribution >= 4 is 27.5 Å². The molecule has 9 heteroatoms. The van der Waals surface area contributed by atoms with E-state index in [0.717, 1.165) is 17.0 Å². The summed E-state index contributed by atoms with van der Waals surface area (Å²) in [6.45, 7) is 3.49. The van der Waals surface area contributed by atoms with E-state index in [1.165, 1.54) is 10.6 Å². The smallest absolute Gasteiger partial charge is 0.224 e. The van der Waals surface area contributed by atoms with Gasteiger partial charge in [-0.3, -0.25) is 9.59 Å². The van der Waals surface area contributed by atoms with Crippen LogP contribution in [0.1, 0.15) is 38.2 Å². The lowest BCUT2D eigenvalue weighted by atomic mass is 10.0. The Hall–Kier alpha value is -2.13. The maximum atomic E-state index is 11.8. The first-order chi connectivity index (χ1) is 13.3. The number of aryl methyl sites for hydroxylation is 1. The molecule has 1 aromatic carbocycles. The largest absolute Gasteiger partial charge is 0.494 e. The molecule has 1 aliphatic rings. The lowest BCUT2D eigenvalue weighted by Gasteiger charge is -2.18. The van der Waals surface area contributed by atoms with Crippen molar-refractivity contribution in [2.45, 2.75) is 39.0 Å². The molecule has 0 unspecified atom stereocenters. The van der Waals surface area contributed by atoms with Crippen molar-refractivity contribution in [3.8, 4) is 5.75 Å². The average Bonchev–Trinajstić information content (AvgIpc) is 2.64. The van der Waals surface area contributed by atoms with Gasteiger partial charge < -0.3 is 15.4 Å². The van der Waals surface area contributed by atoms with E-state index in [1.54, 1.807) is 6.92 Å². The molecule has 0 aliphatic carbocycles. The number of nitrogens with zero attached hydrogens (tertiary/aromatic N) is 1. The van der Waals surface area contributed by atoms with Crippen LogP contribution >= 0.6 is 0 Å². The predicted molar refractivity (Wildman–Crippen MR) is 108 cm³/mol. The fourth-order valence-electron chi connectivity index (χ4n) is 3.00. The number of benzene rings is 1. The van der Waals surface area contributed by atoms with Gasteiger partial charge in [-0.05, 0) is 43.0 Å². The number of sulfonamides is 1. The molecular formula is C19H29N3O5S. The molecule has 0 spiro atoms. The highest BCUT2D eigenvalue weighted by atomic mass is 32.2. The van der Waals surface area contributed by atoms with Gasteiger partial charge in [0.1, 0.15) is 5.75 Å². The predicted octanol–water partition coefficient (Wildman–Crippen LogP) is 1.52. The normalized spacial score (nSPS) is 13.8. The van der Waals surface area contributed by atoms with Gasteiger partial charge in [0, 0.05) is 38.2 Å². The quantitative estimate of drug-likeness (QED) is 0.537. The van der Waals surface area contributed by atoms with Gasteiger partial charge in [0.25, 0.3) is 0 Å². The van der Waals surface area contributed by atoms with Crippen LogP contribution < -0.4 is 15.4 Å². The van der Waals surface area contributed by atoms with Crippen LogP contribution in [0.5, 0.6) is 5.75 Å². The molecular weight excluding hydrogens is 382 g/mol. The van der Waals surface area contributed by atoms with Crippen molar-refractivity contribution in [1.29, 1.82) is 0 Å². The number of carbonyl (C=O) groups is 2. The fraction of sp³-hybridized carbons (Fsp3) is 0.579. The van der Waals surface area contributed by atoms with E-state index in [1.807, 2.05) is 18.2 Å². The monoisotopic (exact) mass is 411 g/mol. The molecule has 0 aromatic heterocycles. The minimum Gasteiger partial charge on any atom is -0.494 e. The Balaban J connectivity index is 1.61. The van der Waals surface area contributed by atoms with E-state index >= 15 is 0 Å². The number of hydrogen-bond donors (Lipinski definition) is 2. The molecule has 156 valence electrons. The molecule has 8 nitrogen and oxygen atoms in total. The first-order valence-corrected chi connectivity index (χ1v) is 11.4. The van der Waals surface area contributed by atoms with E-state index in [4.69, 9.17) is 4.74 Å². The number of fused-ring (bicyclic) bond motifs is 1. The van der Waals surface area contributed by atoms with Crippen molar-refractivity contribution in [2.24, 2.45) is 0 Å². The summed E-state index contributed by atoms with van der Waals surface area (Å²) in [5.41, 5.74) is 1.89. The first-order valence-electron chi connectivity index (χ1n) is 9.57. The summed E-state index contributed by atoms with van der Waals surface area (Å²) < 4.78 is 30.0. The summed E-state index contributed by atoms with van der Waals surface area (Å²) in [6.07, 6.45) is 3.89. The number of rotatable bonds is 11. The van der Waals surface area contributed by atoms with Crippen LogP contribution in [0.15, 0.2) is 18.2 Å². The number of amides is 2. The van der Waals surface area contributed by atoms with E-state index < -0.39 is 10.0 Å². The van der Waals surface area contributed by atoms with E-state index in [2.05, 4.69) is 10.6 Å². The third-order valence-corrected chi connectivity index (χ3v) is 5.90. The maximum absolute atomic E-state index is 11.8. The van der Waals surface area contributed by atoms with Crippen LogP contribution in [-0.4, -0.2) is 57.0 Å². The number of hydrogen-bond acceptors (Lipinski definition) is 5. The first kappa shape index (κ1) is 22.2. The fourth-order valence-corrected chi connectivity index (χ4v) is 3.93. The molecule has 0 saturated heterocycles. The minimum absolute atomic E-state index is 0.0332. The molecule has 2 amide bonds. The van der Waals surface area contributed by atoms with Crippen LogP contribution in [0.2, 0.25) is 0 Å². The highest BCUT2D eigenvalue weighted by Crippen LogP contribution is 2.26. The number of anilines is 1. The standard InChI is InChI=1S/C19H29N3O5S/c1-3-22(28(2,25)26)12-5-11-20-18(23)6-4-13-27-16-8-9-17-15(14-16)7-10-19(24)21-17/h8-9,14H,3-7,10-13H2,1-2H3,(H,20,23)(H,21,24).